The summed E-state index contributed by atoms with van der Waals surface area (Å²) in [5.41, 5.74) is 0.820. The van der Waals surface area contributed by atoms with Crippen LogP contribution in [0.4, 0.5) is 10.6 Å². The largest absolute Gasteiger partial charge is 0.335 e. The molecule has 0 radical (unpaired) electrons. The molecule has 1 aromatic heterocycles. The van der Waals surface area contributed by atoms with Crippen LogP contribution in [0.1, 0.15) is 12.8 Å². The van der Waals surface area contributed by atoms with E-state index in [2.05, 4.69) is 20.8 Å². The highest BCUT2D eigenvalue weighted by Crippen LogP contribution is 2.19. The number of carbonyl (C=O) groups excluding carboxylic acids is 1. The predicted octanol–water partition coefficient (Wildman–Crippen LogP) is 1.91. The summed E-state index contributed by atoms with van der Waals surface area (Å²) in [6, 6.07) is 9.60. The van der Waals surface area contributed by atoms with Gasteiger partial charge in [0.25, 0.3) is 0 Å². The van der Waals surface area contributed by atoms with Gasteiger partial charge in [-0.05, 0) is 25.0 Å². The summed E-state index contributed by atoms with van der Waals surface area (Å²) < 4.78 is 0. The number of fused-ring (bicyclic) bond motifs is 1. The van der Waals surface area contributed by atoms with Gasteiger partial charge in [-0.25, -0.2) is 4.79 Å². The van der Waals surface area contributed by atoms with Gasteiger partial charge in [0, 0.05) is 11.4 Å². The zero-order chi connectivity index (χ0) is 11.7. The number of aromatic nitrogens is 2. The number of amides is 2. The standard InChI is InChI=1S/C12H12N4O/c17-12(13-9-5-6-9)14-11-7-8-3-1-2-4-10(8)15-16-11/h1-4,7,9H,5-6H2,(H2,13,14,16,17). The zero-order valence-electron chi connectivity index (χ0n) is 9.18. The number of urea groups is 1. The number of nitrogens with zero attached hydrogens (tertiary/aromatic N) is 2. The predicted molar refractivity (Wildman–Crippen MR) is 64.7 cm³/mol. The third kappa shape index (κ3) is 2.33. The quantitative estimate of drug-likeness (QED) is 0.825. The van der Waals surface area contributed by atoms with Crippen molar-refractivity contribution in [2.75, 3.05) is 5.32 Å². The van der Waals surface area contributed by atoms with Crippen molar-refractivity contribution in [1.82, 2.24) is 15.5 Å². The Bertz CT molecular complexity index is 565. The summed E-state index contributed by atoms with van der Waals surface area (Å²) >= 11 is 0. The fourth-order valence-corrected chi connectivity index (χ4v) is 1.61. The van der Waals surface area contributed by atoms with E-state index in [4.69, 9.17) is 0 Å². The maximum Gasteiger partial charge on any atom is 0.320 e. The Hall–Kier alpha value is -2.17. The van der Waals surface area contributed by atoms with E-state index in [1.807, 2.05) is 30.3 Å². The lowest BCUT2D eigenvalue weighted by Crippen LogP contribution is -2.30. The minimum absolute atomic E-state index is 0.211. The number of nitrogens with one attached hydrogen (secondary N) is 2. The molecule has 0 bridgehead atoms. The normalized spacial score (nSPS) is 14.6. The topological polar surface area (TPSA) is 66.9 Å². The van der Waals surface area contributed by atoms with Crippen molar-refractivity contribution < 1.29 is 4.79 Å². The van der Waals surface area contributed by atoms with Crippen LogP contribution in [0, 0.1) is 0 Å². The molecule has 1 saturated carbocycles. The van der Waals surface area contributed by atoms with Gasteiger partial charge in [-0.2, -0.15) is 0 Å². The van der Waals surface area contributed by atoms with Gasteiger partial charge in [0.05, 0.1) is 5.52 Å². The summed E-state index contributed by atoms with van der Waals surface area (Å²) in [4.78, 5) is 11.5. The molecule has 1 aliphatic carbocycles. The molecule has 1 aromatic carbocycles. The molecule has 0 spiro atoms. The van der Waals surface area contributed by atoms with Gasteiger partial charge in [-0.15, -0.1) is 10.2 Å². The Labute approximate surface area is 98.2 Å². The van der Waals surface area contributed by atoms with Gasteiger partial charge >= 0.3 is 6.03 Å². The minimum Gasteiger partial charge on any atom is -0.335 e. The third-order valence-electron chi connectivity index (χ3n) is 2.65. The first kappa shape index (κ1) is 10.0. The molecule has 86 valence electrons. The van der Waals surface area contributed by atoms with Crippen LogP contribution in [0.3, 0.4) is 0 Å². The van der Waals surface area contributed by atoms with Crippen LogP contribution < -0.4 is 10.6 Å². The molecule has 1 aliphatic rings. The van der Waals surface area contributed by atoms with Crippen molar-refractivity contribution >= 4 is 22.8 Å². The number of hydrogen-bond acceptors (Lipinski definition) is 3. The summed E-state index contributed by atoms with van der Waals surface area (Å²) in [6.07, 6.45) is 2.13. The first-order chi connectivity index (χ1) is 8.31. The van der Waals surface area contributed by atoms with E-state index in [1.54, 1.807) is 0 Å². The fourth-order valence-electron chi connectivity index (χ4n) is 1.61. The van der Waals surface area contributed by atoms with Gasteiger partial charge in [-0.3, -0.25) is 5.32 Å². The molecular formula is C12H12N4O. The van der Waals surface area contributed by atoms with Crippen LogP contribution in [0.2, 0.25) is 0 Å². The van der Waals surface area contributed by atoms with E-state index < -0.39 is 0 Å². The van der Waals surface area contributed by atoms with Crippen molar-refractivity contribution in [1.29, 1.82) is 0 Å². The van der Waals surface area contributed by atoms with Gasteiger partial charge in [-0.1, -0.05) is 18.2 Å². The highest BCUT2D eigenvalue weighted by atomic mass is 16.2. The summed E-state index contributed by atoms with van der Waals surface area (Å²) in [7, 11) is 0. The van der Waals surface area contributed by atoms with Crippen molar-refractivity contribution in [3.05, 3.63) is 30.3 Å². The Morgan fingerprint density at radius 2 is 2.06 bits per heavy atom. The minimum atomic E-state index is -0.211. The molecule has 3 rings (SSSR count). The van der Waals surface area contributed by atoms with E-state index in [0.717, 1.165) is 23.7 Å². The highest BCUT2D eigenvalue weighted by molar-refractivity contribution is 5.90. The Balaban J connectivity index is 1.77. The molecule has 5 heteroatoms. The number of carbonyl (C=O) groups is 1. The Kier molecular flexibility index (Phi) is 2.36. The molecule has 5 nitrogen and oxygen atoms in total. The summed E-state index contributed by atoms with van der Waals surface area (Å²) in [6.45, 7) is 0. The Morgan fingerprint density at radius 1 is 1.24 bits per heavy atom. The Morgan fingerprint density at radius 3 is 2.88 bits per heavy atom. The number of hydrogen-bond donors (Lipinski definition) is 2. The van der Waals surface area contributed by atoms with E-state index in [9.17, 15) is 4.79 Å². The molecule has 2 N–H and O–H groups in total. The van der Waals surface area contributed by atoms with Gasteiger partial charge in [0.1, 0.15) is 0 Å². The van der Waals surface area contributed by atoms with Crippen LogP contribution in [0.5, 0.6) is 0 Å². The first-order valence-electron chi connectivity index (χ1n) is 5.61. The molecule has 0 aliphatic heterocycles. The van der Waals surface area contributed by atoms with Crippen molar-refractivity contribution in [2.45, 2.75) is 18.9 Å². The second-order valence-corrected chi connectivity index (χ2v) is 4.16. The monoisotopic (exact) mass is 228 g/mol. The average Bonchev–Trinajstić information content (AvgIpc) is 3.12. The molecule has 1 heterocycles. The third-order valence-corrected chi connectivity index (χ3v) is 2.65. The number of rotatable bonds is 2. The molecule has 17 heavy (non-hydrogen) atoms. The van der Waals surface area contributed by atoms with E-state index in [1.165, 1.54) is 0 Å². The van der Waals surface area contributed by atoms with E-state index >= 15 is 0 Å². The highest BCUT2D eigenvalue weighted by Gasteiger charge is 2.23. The lowest BCUT2D eigenvalue weighted by atomic mass is 10.2. The SMILES string of the molecule is O=C(Nc1cc2ccccc2nn1)NC1CC1. The fraction of sp³-hybridized carbons (Fsp3) is 0.250. The second kappa shape index (κ2) is 4.01. The number of benzene rings is 1. The maximum atomic E-state index is 11.5. The zero-order valence-corrected chi connectivity index (χ0v) is 9.18. The molecule has 0 unspecified atom stereocenters. The molecule has 0 saturated heterocycles. The molecule has 2 aromatic rings. The van der Waals surface area contributed by atoms with Crippen LogP contribution in [0.25, 0.3) is 10.9 Å². The second-order valence-electron chi connectivity index (χ2n) is 4.16. The van der Waals surface area contributed by atoms with Crippen molar-refractivity contribution in [3.8, 4) is 0 Å². The van der Waals surface area contributed by atoms with E-state index in [-0.39, 0.29) is 6.03 Å². The van der Waals surface area contributed by atoms with Crippen LogP contribution in [-0.2, 0) is 0 Å². The smallest absolute Gasteiger partial charge is 0.320 e. The molecular weight excluding hydrogens is 216 g/mol. The average molecular weight is 228 g/mol. The van der Waals surface area contributed by atoms with Gasteiger partial charge in [0.2, 0.25) is 0 Å². The van der Waals surface area contributed by atoms with Crippen molar-refractivity contribution in [3.63, 3.8) is 0 Å². The lowest BCUT2D eigenvalue weighted by Gasteiger charge is -2.05. The first-order valence-corrected chi connectivity index (χ1v) is 5.61. The summed E-state index contributed by atoms with van der Waals surface area (Å²) in [5.74, 6) is 0.474. The van der Waals surface area contributed by atoms with Gasteiger partial charge < -0.3 is 5.32 Å². The number of anilines is 1. The maximum absolute atomic E-state index is 11.5. The van der Waals surface area contributed by atoms with Crippen LogP contribution in [0.15, 0.2) is 30.3 Å². The molecule has 1 fully saturated rings. The van der Waals surface area contributed by atoms with Crippen molar-refractivity contribution in [2.24, 2.45) is 0 Å². The summed E-state index contributed by atoms with van der Waals surface area (Å²) in [5, 5.41) is 14.5. The molecule has 2 amide bonds. The van der Waals surface area contributed by atoms with Crippen LogP contribution >= 0.6 is 0 Å². The van der Waals surface area contributed by atoms with E-state index in [0.29, 0.717) is 11.9 Å². The van der Waals surface area contributed by atoms with Gasteiger partial charge in [0.15, 0.2) is 5.82 Å². The lowest BCUT2D eigenvalue weighted by molar-refractivity contribution is 0.251. The van der Waals surface area contributed by atoms with Crippen LogP contribution in [-0.4, -0.2) is 22.3 Å². The molecule has 0 atom stereocenters.